The van der Waals surface area contributed by atoms with E-state index in [0.29, 0.717) is 12.0 Å². The first kappa shape index (κ1) is 11.9. The van der Waals surface area contributed by atoms with Crippen LogP contribution in [0.25, 0.3) is 0 Å². The van der Waals surface area contributed by atoms with Gasteiger partial charge in [-0.15, -0.1) is 0 Å². The van der Waals surface area contributed by atoms with Gasteiger partial charge < -0.3 is 5.11 Å². The van der Waals surface area contributed by atoms with Crippen molar-refractivity contribution in [3.05, 3.63) is 0 Å². The molecule has 2 aliphatic rings. The molecule has 0 aromatic carbocycles. The molecular formula is C13H23NO2. The normalized spacial score (nSPS) is 41.1. The van der Waals surface area contributed by atoms with Crippen molar-refractivity contribution < 1.29 is 9.90 Å². The van der Waals surface area contributed by atoms with Gasteiger partial charge in [-0.2, -0.15) is 0 Å². The zero-order valence-corrected chi connectivity index (χ0v) is 10.4. The van der Waals surface area contributed by atoms with Gasteiger partial charge in [0.05, 0.1) is 0 Å². The van der Waals surface area contributed by atoms with Crippen LogP contribution < -0.4 is 0 Å². The minimum absolute atomic E-state index is 0.501. The lowest BCUT2D eigenvalue weighted by molar-refractivity contribution is -0.155. The standard InChI is InChI=1S/C13H23NO2/c1-10-6-5-7-11(10)14-9-4-3-8-13(14,2)12(15)16/h10-11H,3-9H2,1-2H3,(H,15,16). The third-order valence-corrected chi connectivity index (χ3v) is 4.62. The van der Waals surface area contributed by atoms with E-state index < -0.39 is 11.5 Å². The first-order chi connectivity index (χ1) is 7.55. The topological polar surface area (TPSA) is 40.5 Å². The molecule has 3 unspecified atom stereocenters. The third kappa shape index (κ3) is 1.86. The minimum Gasteiger partial charge on any atom is -0.480 e. The number of rotatable bonds is 2. The van der Waals surface area contributed by atoms with Crippen molar-refractivity contribution in [1.82, 2.24) is 4.90 Å². The fourth-order valence-corrected chi connectivity index (χ4v) is 3.49. The number of carbonyl (C=O) groups is 1. The molecule has 3 heteroatoms. The van der Waals surface area contributed by atoms with Gasteiger partial charge in [0.1, 0.15) is 5.54 Å². The molecular weight excluding hydrogens is 202 g/mol. The van der Waals surface area contributed by atoms with Crippen molar-refractivity contribution in [2.75, 3.05) is 6.54 Å². The Hall–Kier alpha value is -0.570. The highest BCUT2D eigenvalue weighted by Crippen LogP contribution is 2.38. The maximum Gasteiger partial charge on any atom is 0.323 e. The summed E-state index contributed by atoms with van der Waals surface area (Å²) in [5, 5.41) is 9.47. The lowest BCUT2D eigenvalue weighted by Crippen LogP contribution is -2.59. The van der Waals surface area contributed by atoms with Gasteiger partial charge in [-0.05, 0) is 51.5 Å². The van der Waals surface area contributed by atoms with E-state index in [0.717, 1.165) is 25.8 Å². The second kappa shape index (κ2) is 4.36. The molecule has 3 nitrogen and oxygen atoms in total. The Morgan fingerprint density at radius 2 is 2.06 bits per heavy atom. The molecule has 1 aliphatic carbocycles. The smallest absolute Gasteiger partial charge is 0.323 e. The molecule has 0 spiro atoms. The summed E-state index contributed by atoms with van der Waals surface area (Å²) in [6.07, 6.45) is 6.73. The van der Waals surface area contributed by atoms with Gasteiger partial charge in [-0.3, -0.25) is 9.69 Å². The second-order valence-electron chi connectivity index (χ2n) is 5.71. The molecule has 1 heterocycles. The van der Waals surface area contributed by atoms with Crippen molar-refractivity contribution in [3.8, 4) is 0 Å². The molecule has 92 valence electrons. The van der Waals surface area contributed by atoms with Gasteiger partial charge in [0, 0.05) is 6.04 Å². The fourth-order valence-electron chi connectivity index (χ4n) is 3.49. The highest BCUT2D eigenvalue weighted by molar-refractivity contribution is 5.78. The van der Waals surface area contributed by atoms with Crippen LogP contribution in [0.2, 0.25) is 0 Å². The minimum atomic E-state index is -0.633. The van der Waals surface area contributed by atoms with Crippen molar-refractivity contribution in [2.45, 2.75) is 64.0 Å². The van der Waals surface area contributed by atoms with E-state index in [1.807, 2.05) is 6.92 Å². The summed E-state index contributed by atoms with van der Waals surface area (Å²) in [4.78, 5) is 13.8. The Kier molecular flexibility index (Phi) is 3.24. The average Bonchev–Trinajstić information content (AvgIpc) is 2.65. The highest BCUT2D eigenvalue weighted by atomic mass is 16.4. The Balaban J connectivity index is 2.19. The molecule has 0 aromatic heterocycles. The first-order valence-electron chi connectivity index (χ1n) is 6.56. The molecule has 0 aromatic rings. The van der Waals surface area contributed by atoms with Crippen LogP contribution in [0, 0.1) is 5.92 Å². The lowest BCUT2D eigenvalue weighted by Gasteiger charge is -2.46. The summed E-state index contributed by atoms with van der Waals surface area (Å²) >= 11 is 0. The van der Waals surface area contributed by atoms with Gasteiger partial charge in [-0.1, -0.05) is 13.3 Å². The van der Waals surface area contributed by atoms with Crippen LogP contribution in [0.5, 0.6) is 0 Å². The maximum atomic E-state index is 11.5. The van der Waals surface area contributed by atoms with Gasteiger partial charge in [0.15, 0.2) is 0 Å². The van der Waals surface area contributed by atoms with Crippen molar-refractivity contribution in [3.63, 3.8) is 0 Å². The largest absolute Gasteiger partial charge is 0.480 e. The quantitative estimate of drug-likeness (QED) is 0.785. The summed E-state index contributed by atoms with van der Waals surface area (Å²) in [5.74, 6) is 0.0306. The SMILES string of the molecule is CC1CCCC1N1CCCCC1(C)C(=O)O. The molecule has 1 N–H and O–H groups in total. The molecule has 2 rings (SSSR count). The van der Waals surface area contributed by atoms with Gasteiger partial charge in [0.2, 0.25) is 0 Å². The molecule has 0 radical (unpaired) electrons. The van der Waals surface area contributed by atoms with Crippen molar-refractivity contribution in [2.24, 2.45) is 5.92 Å². The average molecular weight is 225 g/mol. The van der Waals surface area contributed by atoms with E-state index in [1.54, 1.807) is 0 Å². The Bertz CT molecular complexity index is 279. The van der Waals surface area contributed by atoms with E-state index in [9.17, 15) is 9.90 Å². The predicted molar refractivity (Wildman–Crippen MR) is 63.4 cm³/mol. The summed E-state index contributed by atoms with van der Waals surface area (Å²) in [6, 6.07) is 0.501. The zero-order chi connectivity index (χ0) is 11.8. The number of piperidine rings is 1. The van der Waals surface area contributed by atoms with Crippen LogP contribution in [-0.2, 0) is 4.79 Å². The molecule has 16 heavy (non-hydrogen) atoms. The van der Waals surface area contributed by atoms with E-state index in [1.165, 1.54) is 19.3 Å². The molecule has 2 fully saturated rings. The van der Waals surface area contributed by atoms with E-state index in [2.05, 4.69) is 11.8 Å². The third-order valence-electron chi connectivity index (χ3n) is 4.62. The second-order valence-corrected chi connectivity index (χ2v) is 5.71. The van der Waals surface area contributed by atoms with Gasteiger partial charge >= 0.3 is 5.97 Å². The Morgan fingerprint density at radius 1 is 1.31 bits per heavy atom. The first-order valence-corrected chi connectivity index (χ1v) is 6.56. The summed E-state index contributed by atoms with van der Waals surface area (Å²) in [6.45, 7) is 5.16. The summed E-state index contributed by atoms with van der Waals surface area (Å²) in [7, 11) is 0. The fraction of sp³-hybridized carbons (Fsp3) is 0.923. The molecule has 1 saturated heterocycles. The van der Waals surface area contributed by atoms with Gasteiger partial charge in [-0.25, -0.2) is 0 Å². The van der Waals surface area contributed by atoms with Crippen LogP contribution in [0.1, 0.15) is 52.4 Å². The van der Waals surface area contributed by atoms with Crippen molar-refractivity contribution in [1.29, 1.82) is 0 Å². The van der Waals surface area contributed by atoms with E-state index in [4.69, 9.17) is 0 Å². The Morgan fingerprint density at radius 3 is 2.62 bits per heavy atom. The number of carboxylic acids is 1. The predicted octanol–water partition coefficient (Wildman–Crippen LogP) is 2.50. The molecule has 0 amide bonds. The van der Waals surface area contributed by atoms with Crippen molar-refractivity contribution >= 4 is 5.97 Å². The van der Waals surface area contributed by atoms with Gasteiger partial charge in [0.25, 0.3) is 0 Å². The number of hydrogen-bond acceptors (Lipinski definition) is 2. The van der Waals surface area contributed by atoms with E-state index >= 15 is 0 Å². The van der Waals surface area contributed by atoms with E-state index in [-0.39, 0.29) is 0 Å². The summed E-state index contributed by atoms with van der Waals surface area (Å²) < 4.78 is 0. The number of aliphatic carboxylic acids is 1. The van der Waals surface area contributed by atoms with Crippen LogP contribution in [-0.4, -0.2) is 34.1 Å². The number of carboxylic acid groups (broad SMARTS) is 1. The highest BCUT2D eigenvalue weighted by Gasteiger charge is 2.46. The lowest BCUT2D eigenvalue weighted by atomic mass is 9.85. The molecule has 1 aliphatic heterocycles. The van der Waals surface area contributed by atoms with Crippen LogP contribution in [0.15, 0.2) is 0 Å². The maximum absolute atomic E-state index is 11.5. The molecule has 3 atom stereocenters. The van der Waals surface area contributed by atoms with Crippen LogP contribution in [0.4, 0.5) is 0 Å². The number of likely N-dealkylation sites (tertiary alicyclic amines) is 1. The zero-order valence-electron chi connectivity index (χ0n) is 10.4. The summed E-state index contributed by atoms with van der Waals surface area (Å²) in [5.41, 5.74) is -0.610. The number of hydrogen-bond donors (Lipinski definition) is 1. The molecule has 1 saturated carbocycles. The monoisotopic (exact) mass is 225 g/mol. The van der Waals surface area contributed by atoms with Crippen LogP contribution in [0.3, 0.4) is 0 Å². The van der Waals surface area contributed by atoms with Crippen LogP contribution >= 0.6 is 0 Å². The molecule has 0 bridgehead atoms. The number of nitrogens with zero attached hydrogens (tertiary/aromatic N) is 1. The Labute approximate surface area is 97.8 Å².